The van der Waals surface area contributed by atoms with E-state index in [4.69, 9.17) is 14.2 Å². The van der Waals surface area contributed by atoms with Gasteiger partial charge in [-0.15, -0.1) is 0 Å². The van der Waals surface area contributed by atoms with E-state index in [1.807, 2.05) is 0 Å². The third kappa shape index (κ3) is 5.81. The first kappa shape index (κ1) is 23.6. The van der Waals surface area contributed by atoms with Crippen molar-refractivity contribution in [2.24, 2.45) is 17.8 Å². The van der Waals surface area contributed by atoms with Crippen LogP contribution in [0.25, 0.3) is 0 Å². The van der Waals surface area contributed by atoms with E-state index in [0.717, 1.165) is 45.2 Å². The first-order valence-electron chi connectivity index (χ1n) is 11.6. The fourth-order valence-electron chi connectivity index (χ4n) is 5.54. The zero-order valence-electron chi connectivity index (χ0n) is 19.0. The molecule has 2 aliphatic heterocycles. The number of carbonyl (C=O) groups is 3. The van der Waals surface area contributed by atoms with Crippen molar-refractivity contribution in [2.45, 2.75) is 64.6 Å². The van der Waals surface area contributed by atoms with Crippen LogP contribution in [-0.2, 0) is 19.0 Å². The molecule has 3 fully saturated rings. The lowest BCUT2D eigenvalue weighted by Gasteiger charge is -2.46. The minimum atomic E-state index is -0.572. The molecule has 2 saturated heterocycles. The summed E-state index contributed by atoms with van der Waals surface area (Å²) < 4.78 is 15.2. The predicted octanol–water partition coefficient (Wildman–Crippen LogP) is 2.59. The van der Waals surface area contributed by atoms with E-state index in [2.05, 4.69) is 10.2 Å². The summed E-state index contributed by atoms with van der Waals surface area (Å²) in [5.74, 6) is 0.936. The van der Waals surface area contributed by atoms with Gasteiger partial charge in [-0.3, -0.25) is 9.80 Å². The summed E-state index contributed by atoms with van der Waals surface area (Å²) in [5.41, 5.74) is 0. The van der Waals surface area contributed by atoms with Crippen LogP contribution in [0.2, 0.25) is 0 Å². The van der Waals surface area contributed by atoms with Gasteiger partial charge in [-0.25, -0.2) is 14.4 Å². The van der Waals surface area contributed by atoms with Gasteiger partial charge in [-0.05, 0) is 70.1 Å². The fourth-order valence-corrected chi connectivity index (χ4v) is 5.54. The van der Waals surface area contributed by atoms with Crippen molar-refractivity contribution in [3.05, 3.63) is 0 Å². The molecule has 3 rings (SSSR count). The molecule has 0 aromatic heterocycles. The number of rotatable bonds is 6. The van der Waals surface area contributed by atoms with Gasteiger partial charge in [0.15, 0.2) is 0 Å². The third-order valence-corrected chi connectivity index (χ3v) is 6.97. The number of hydrogen-bond acceptors (Lipinski definition) is 7. The molecule has 5 unspecified atom stereocenters. The van der Waals surface area contributed by atoms with Gasteiger partial charge in [0.25, 0.3) is 0 Å². The second-order valence-electron chi connectivity index (χ2n) is 8.84. The number of hydrogen-bond donors (Lipinski definition) is 1. The normalized spacial score (nSPS) is 30.9. The largest absolute Gasteiger partial charge is 0.464 e. The lowest BCUT2D eigenvalue weighted by Crippen LogP contribution is -2.55. The Labute approximate surface area is 184 Å². The number of nitrogens with one attached hydrogen (secondary N) is 1. The molecule has 1 N–H and O–H groups in total. The van der Waals surface area contributed by atoms with E-state index in [1.54, 1.807) is 18.7 Å². The van der Waals surface area contributed by atoms with Crippen molar-refractivity contribution in [3.8, 4) is 0 Å². The molecular formula is C22H37N3O6. The van der Waals surface area contributed by atoms with Gasteiger partial charge >= 0.3 is 18.2 Å². The fraction of sp³-hybridized carbons (Fsp3) is 0.864. The van der Waals surface area contributed by atoms with Crippen LogP contribution in [0.5, 0.6) is 0 Å². The number of likely N-dealkylation sites (tertiary alicyclic amines) is 2. The van der Waals surface area contributed by atoms with Gasteiger partial charge in [-0.1, -0.05) is 0 Å². The molecule has 0 spiro atoms. The Kier molecular flexibility index (Phi) is 8.40. The average molecular weight is 440 g/mol. The maximum absolute atomic E-state index is 12.5. The van der Waals surface area contributed by atoms with E-state index < -0.39 is 12.1 Å². The molecule has 3 aliphatic rings. The highest BCUT2D eigenvalue weighted by Gasteiger charge is 2.45. The smallest absolute Gasteiger partial charge is 0.410 e. The summed E-state index contributed by atoms with van der Waals surface area (Å²) in [6, 6.07) is -0.572. The molecule has 0 bridgehead atoms. The van der Waals surface area contributed by atoms with Gasteiger partial charge in [0.05, 0.1) is 26.5 Å². The zero-order chi connectivity index (χ0) is 22.4. The predicted molar refractivity (Wildman–Crippen MR) is 113 cm³/mol. The number of nitrogens with zero attached hydrogens (tertiary/aromatic N) is 2. The Hall–Kier alpha value is -2.03. The molecule has 9 heteroatoms. The molecule has 0 aromatic rings. The van der Waals surface area contributed by atoms with Crippen molar-refractivity contribution in [2.75, 3.05) is 40.0 Å². The average Bonchev–Trinajstić information content (AvgIpc) is 3.18. The Morgan fingerprint density at radius 1 is 1.00 bits per heavy atom. The van der Waals surface area contributed by atoms with Gasteiger partial charge in [0.2, 0.25) is 0 Å². The summed E-state index contributed by atoms with van der Waals surface area (Å²) in [6.45, 7) is 6.71. The first-order valence-corrected chi connectivity index (χ1v) is 11.6. The topological polar surface area (TPSA) is 97.4 Å². The van der Waals surface area contributed by atoms with Crippen LogP contribution < -0.4 is 5.32 Å². The SMILES string of the molecule is CCOC(=O)NC1CCCN1CC1CCC2CN(C(=O)OC)C(C(=O)OCC)CC2C1. The highest BCUT2D eigenvalue weighted by atomic mass is 16.6. The number of carbonyl (C=O) groups excluding carboxylic acids is 3. The Morgan fingerprint density at radius 3 is 2.48 bits per heavy atom. The maximum Gasteiger partial charge on any atom is 0.410 e. The molecular weight excluding hydrogens is 402 g/mol. The van der Waals surface area contributed by atoms with Crippen LogP contribution in [0.15, 0.2) is 0 Å². The molecule has 1 aliphatic carbocycles. The lowest BCUT2D eigenvalue weighted by molar-refractivity contribution is -0.152. The third-order valence-electron chi connectivity index (χ3n) is 6.97. The van der Waals surface area contributed by atoms with Crippen LogP contribution in [0.1, 0.15) is 52.4 Å². The summed E-state index contributed by atoms with van der Waals surface area (Å²) in [6.07, 6.45) is 5.00. The number of amides is 2. The monoisotopic (exact) mass is 439 g/mol. The minimum absolute atomic E-state index is 0.0326. The molecule has 2 amide bonds. The highest BCUT2D eigenvalue weighted by molar-refractivity contribution is 5.81. The second kappa shape index (κ2) is 11.0. The number of ether oxygens (including phenoxy) is 3. The summed E-state index contributed by atoms with van der Waals surface area (Å²) in [4.78, 5) is 40.6. The van der Waals surface area contributed by atoms with Crippen molar-refractivity contribution < 1.29 is 28.6 Å². The van der Waals surface area contributed by atoms with Crippen LogP contribution in [0, 0.1) is 17.8 Å². The van der Waals surface area contributed by atoms with Crippen molar-refractivity contribution in [3.63, 3.8) is 0 Å². The Morgan fingerprint density at radius 2 is 1.77 bits per heavy atom. The van der Waals surface area contributed by atoms with E-state index in [-0.39, 0.29) is 18.2 Å². The molecule has 176 valence electrons. The highest BCUT2D eigenvalue weighted by Crippen LogP contribution is 2.42. The van der Waals surface area contributed by atoms with Crippen LogP contribution in [-0.4, -0.2) is 80.1 Å². The summed E-state index contributed by atoms with van der Waals surface area (Å²) in [7, 11) is 1.35. The molecule has 9 nitrogen and oxygen atoms in total. The second-order valence-corrected chi connectivity index (χ2v) is 8.84. The minimum Gasteiger partial charge on any atom is -0.464 e. The van der Waals surface area contributed by atoms with Gasteiger partial charge in [-0.2, -0.15) is 0 Å². The van der Waals surface area contributed by atoms with Gasteiger partial charge in [0, 0.05) is 19.6 Å². The molecule has 2 heterocycles. The standard InChI is InChI=1S/C22H37N3O6/c1-4-30-20(26)18-12-17-11-15(8-9-16(17)14-25(18)22(28)29-3)13-24-10-6-7-19(24)23-21(27)31-5-2/h15-19H,4-14H2,1-3H3,(H,23,27). The van der Waals surface area contributed by atoms with Crippen LogP contribution in [0.3, 0.4) is 0 Å². The van der Waals surface area contributed by atoms with E-state index in [9.17, 15) is 14.4 Å². The number of fused-ring (bicyclic) bond motifs is 1. The summed E-state index contributed by atoms with van der Waals surface area (Å²) >= 11 is 0. The Bertz CT molecular complexity index is 645. The van der Waals surface area contributed by atoms with E-state index in [1.165, 1.54) is 7.11 Å². The number of piperidine rings is 1. The van der Waals surface area contributed by atoms with E-state index in [0.29, 0.717) is 43.9 Å². The van der Waals surface area contributed by atoms with E-state index >= 15 is 0 Å². The quantitative estimate of drug-likeness (QED) is 0.502. The first-order chi connectivity index (χ1) is 15.0. The van der Waals surface area contributed by atoms with Crippen molar-refractivity contribution >= 4 is 18.2 Å². The Balaban J connectivity index is 1.59. The van der Waals surface area contributed by atoms with Crippen LogP contribution >= 0.6 is 0 Å². The number of esters is 1. The molecule has 5 atom stereocenters. The van der Waals surface area contributed by atoms with Crippen LogP contribution in [0.4, 0.5) is 9.59 Å². The molecule has 0 aromatic carbocycles. The number of methoxy groups -OCH3 is 1. The molecule has 1 saturated carbocycles. The summed E-state index contributed by atoms with van der Waals surface area (Å²) in [5, 5.41) is 2.98. The zero-order valence-corrected chi connectivity index (χ0v) is 19.0. The molecule has 0 radical (unpaired) electrons. The molecule has 31 heavy (non-hydrogen) atoms. The van der Waals surface area contributed by atoms with Gasteiger partial charge < -0.3 is 19.5 Å². The number of alkyl carbamates (subject to hydrolysis) is 1. The van der Waals surface area contributed by atoms with Crippen molar-refractivity contribution in [1.82, 2.24) is 15.1 Å². The van der Waals surface area contributed by atoms with Gasteiger partial charge in [0.1, 0.15) is 6.04 Å². The maximum atomic E-state index is 12.5. The van der Waals surface area contributed by atoms with Crippen molar-refractivity contribution in [1.29, 1.82) is 0 Å². The lowest BCUT2D eigenvalue weighted by atomic mass is 9.69.